The van der Waals surface area contributed by atoms with Crippen molar-refractivity contribution in [3.05, 3.63) is 71.3 Å². The topological polar surface area (TPSA) is 94.9 Å². The van der Waals surface area contributed by atoms with Gasteiger partial charge in [-0.3, -0.25) is 14.5 Å². The Morgan fingerprint density at radius 1 is 0.889 bits per heavy atom. The predicted octanol–water partition coefficient (Wildman–Crippen LogP) is 2.54. The zero-order valence-electron chi connectivity index (χ0n) is 15.1. The van der Waals surface area contributed by atoms with E-state index in [9.17, 15) is 24.6 Å². The molecule has 0 bridgehead atoms. The summed E-state index contributed by atoms with van der Waals surface area (Å²) in [6, 6.07) is 14.2. The first-order valence-electron chi connectivity index (χ1n) is 8.77. The van der Waals surface area contributed by atoms with E-state index in [1.165, 1.54) is 12.1 Å². The Kier molecular flexibility index (Phi) is 5.10. The summed E-state index contributed by atoms with van der Waals surface area (Å²) in [7, 11) is 0. The van der Waals surface area contributed by atoms with E-state index in [0.29, 0.717) is 0 Å². The van der Waals surface area contributed by atoms with Crippen molar-refractivity contribution in [1.29, 1.82) is 0 Å². The molecule has 6 heteroatoms. The van der Waals surface area contributed by atoms with Crippen LogP contribution in [0.15, 0.2) is 54.6 Å². The molecule has 0 saturated carbocycles. The maximum Gasteiger partial charge on any atom is 0.334 e. The maximum atomic E-state index is 12.9. The average Bonchev–Trinajstić information content (AvgIpc) is 2.90. The van der Waals surface area contributed by atoms with Crippen molar-refractivity contribution < 1.29 is 24.6 Å². The van der Waals surface area contributed by atoms with Crippen molar-refractivity contribution in [2.75, 3.05) is 0 Å². The fraction of sp³-hybridized carbons (Fsp3) is 0.286. The van der Waals surface area contributed by atoms with Crippen LogP contribution in [0.4, 0.5) is 0 Å². The van der Waals surface area contributed by atoms with Crippen LogP contribution >= 0.6 is 0 Å². The van der Waals surface area contributed by atoms with Crippen LogP contribution in [0, 0.1) is 5.92 Å². The molecule has 6 nitrogen and oxygen atoms in total. The number of aliphatic hydroxyl groups is 1. The lowest BCUT2D eigenvalue weighted by molar-refractivity contribution is -0.150. The van der Waals surface area contributed by atoms with Crippen molar-refractivity contribution in [1.82, 2.24) is 4.90 Å². The van der Waals surface area contributed by atoms with E-state index in [1.54, 1.807) is 24.3 Å². The lowest BCUT2D eigenvalue weighted by atomic mass is 9.79. The molecule has 2 amide bonds. The highest BCUT2D eigenvalue weighted by atomic mass is 16.4. The standard InChI is InChI=1S/C21H21NO5/c1-12(2)16(13-8-4-3-5-9-13)17(18(23)21(26)27)22-19(24)14-10-6-7-11-15(14)20(22)25/h3-12,16-18,23H,1-2H3,(H,26,27)/t16?,17-,18-/m0/s1. The van der Waals surface area contributed by atoms with Gasteiger partial charge in [0.2, 0.25) is 0 Å². The molecular formula is C21H21NO5. The zero-order valence-corrected chi connectivity index (χ0v) is 15.1. The molecule has 3 atom stereocenters. The molecule has 140 valence electrons. The lowest BCUT2D eigenvalue weighted by Crippen LogP contribution is -2.54. The van der Waals surface area contributed by atoms with Gasteiger partial charge in [0, 0.05) is 5.92 Å². The smallest absolute Gasteiger partial charge is 0.334 e. The molecule has 0 fully saturated rings. The molecule has 1 aliphatic heterocycles. The number of carboxylic acid groups (broad SMARTS) is 1. The van der Waals surface area contributed by atoms with E-state index in [1.807, 2.05) is 32.0 Å². The SMILES string of the molecule is CC(C)C(c1ccccc1)[C@@H]([C@H](O)C(=O)O)N1C(=O)c2ccccc2C1=O. The number of fused-ring (bicyclic) bond motifs is 1. The van der Waals surface area contributed by atoms with E-state index < -0.39 is 35.8 Å². The van der Waals surface area contributed by atoms with Crippen molar-refractivity contribution >= 4 is 17.8 Å². The van der Waals surface area contributed by atoms with Crippen LogP contribution in [-0.4, -0.2) is 45.0 Å². The van der Waals surface area contributed by atoms with Gasteiger partial charge in [-0.25, -0.2) is 4.79 Å². The number of carbonyl (C=O) groups excluding carboxylic acids is 2. The number of hydrogen-bond acceptors (Lipinski definition) is 4. The van der Waals surface area contributed by atoms with E-state index in [2.05, 4.69) is 0 Å². The summed E-state index contributed by atoms with van der Waals surface area (Å²) in [6.45, 7) is 3.74. The lowest BCUT2D eigenvalue weighted by Gasteiger charge is -2.37. The normalized spacial score (nSPS) is 17.0. The van der Waals surface area contributed by atoms with E-state index in [-0.39, 0.29) is 17.0 Å². The Hall–Kier alpha value is -2.99. The van der Waals surface area contributed by atoms with Gasteiger partial charge in [0.1, 0.15) is 0 Å². The summed E-state index contributed by atoms with van der Waals surface area (Å²) < 4.78 is 0. The number of aliphatic hydroxyl groups excluding tert-OH is 1. The molecule has 2 aromatic carbocycles. The molecular weight excluding hydrogens is 346 g/mol. The fourth-order valence-electron chi connectivity index (χ4n) is 3.77. The van der Waals surface area contributed by atoms with Gasteiger partial charge in [-0.05, 0) is 23.6 Å². The Morgan fingerprint density at radius 2 is 1.37 bits per heavy atom. The summed E-state index contributed by atoms with van der Waals surface area (Å²) >= 11 is 0. The minimum absolute atomic E-state index is 0.129. The minimum Gasteiger partial charge on any atom is -0.479 e. The molecule has 0 aliphatic carbocycles. The van der Waals surface area contributed by atoms with Gasteiger partial charge in [-0.15, -0.1) is 0 Å². The number of imide groups is 1. The van der Waals surface area contributed by atoms with Gasteiger partial charge < -0.3 is 10.2 Å². The number of benzene rings is 2. The van der Waals surface area contributed by atoms with Crippen molar-refractivity contribution in [3.8, 4) is 0 Å². The number of nitrogens with zero attached hydrogens (tertiary/aromatic N) is 1. The Bertz CT molecular complexity index is 842. The predicted molar refractivity (Wildman–Crippen MR) is 98.4 cm³/mol. The number of carboxylic acids is 1. The fourth-order valence-corrected chi connectivity index (χ4v) is 3.77. The molecule has 0 aromatic heterocycles. The van der Waals surface area contributed by atoms with Crippen LogP contribution in [0.3, 0.4) is 0 Å². The Balaban J connectivity index is 2.14. The van der Waals surface area contributed by atoms with Gasteiger partial charge in [-0.2, -0.15) is 0 Å². The summed E-state index contributed by atoms with van der Waals surface area (Å²) in [6.07, 6.45) is -1.90. The number of carbonyl (C=O) groups is 3. The third kappa shape index (κ3) is 3.24. The van der Waals surface area contributed by atoms with Crippen LogP contribution in [-0.2, 0) is 4.79 Å². The first-order valence-corrected chi connectivity index (χ1v) is 8.77. The van der Waals surface area contributed by atoms with Gasteiger partial charge in [-0.1, -0.05) is 56.3 Å². The monoisotopic (exact) mass is 367 g/mol. The molecule has 0 spiro atoms. The van der Waals surface area contributed by atoms with Gasteiger partial charge in [0.25, 0.3) is 11.8 Å². The van der Waals surface area contributed by atoms with Crippen molar-refractivity contribution in [2.24, 2.45) is 5.92 Å². The molecule has 0 saturated heterocycles. The minimum atomic E-state index is -1.90. The molecule has 27 heavy (non-hydrogen) atoms. The third-order valence-electron chi connectivity index (χ3n) is 4.97. The highest BCUT2D eigenvalue weighted by molar-refractivity contribution is 6.21. The van der Waals surface area contributed by atoms with Crippen LogP contribution in [0.1, 0.15) is 46.0 Å². The second-order valence-corrected chi connectivity index (χ2v) is 6.98. The summed E-state index contributed by atoms with van der Waals surface area (Å²) in [4.78, 5) is 38.4. The average molecular weight is 367 g/mol. The second-order valence-electron chi connectivity index (χ2n) is 6.98. The third-order valence-corrected chi connectivity index (χ3v) is 4.97. The Morgan fingerprint density at radius 3 is 1.81 bits per heavy atom. The quantitative estimate of drug-likeness (QED) is 0.765. The molecule has 1 heterocycles. The van der Waals surface area contributed by atoms with Gasteiger partial charge in [0.05, 0.1) is 17.2 Å². The zero-order chi connectivity index (χ0) is 19.7. The highest BCUT2D eigenvalue weighted by Gasteiger charge is 2.48. The van der Waals surface area contributed by atoms with E-state index in [0.717, 1.165) is 10.5 Å². The molecule has 1 unspecified atom stereocenters. The first-order chi connectivity index (χ1) is 12.8. The maximum absolute atomic E-state index is 12.9. The van der Waals surface area contributed by atoms with Crippen LogP contribution in [0.2, 0.25) is 0 Å². The highest BCUT2D eigenvalue weighted by Crippen LogP contribution is 2.37. The summed E-state index contributed by atoms with van der Waals surface area (Å²) in [5.41, 5.74) is 1.20. The summed E-state index contributed by atoms with van der Waals surface area (Å²) in [5, 5.41) is 20.0. The van der Waals surface area contributed by atoms with Crippen LogP contribution in [0.25, 0.3) is 0 Å². The molecule has 2 aromatic rings. The second kappa shape index (κ2) is 7.32. The molecule has 0 radical (unpaired) electrons. The largest absolute Gasteiger partial charge is 0.479 e. The van der Waals surface area contributed by atoms with E-state index in [4.69, 9.17) is 0 Å². The molecule has 3 rings (SSSR count). The Labute approximate surface area is 157 Å². The van der Waals surface area contributed by atoms with Crippen LogP contribution in [0.5, 0.6) is 0 Å². The van der Waals surface area contributed by atoms with Crippen LogP contribution < -0.4 is 0 Å². The van der Waals surface area contributed by atoms with Crippen molar-refractivity contribution in [3.63, 3.8) is 0 Å². The van der Waals surface area contributed by atoms with Gasteiger partial charge >= 0.3 is 5.97 Å². The number of hydrogen-bond donors (Lipinski definition) is 2. The van der Waals surface area contributed by atoms with Gasteiger partial charge in [0.15, 0.2) is 6.10 Å². The summed E-state index contributed by atoms with van der Waals surface area (Å²) in [5.74, 6) is -3.31. The van der Waals surface area contributed by atoms with E-state index >= 15 is 0 Å². The molecule has 1 aliphatic rings. The van der Waals surface area contributed by atoms with Crippen molar-refractivity contribution in [2.45, 2.75) is 31.9 Å². The first kappa shape index (κ1) is 18.8. The number of amides is 2. The number of aliphatic carboxylic acids is 1. The number of rotatable bonds is 6. The molecule has 2 N–H and O–H groups in total.